The third kappa shape index (κ3) is 2.91. The quantitative estimate of drug-likeness (QED) is 0.549. The molecule has 0 N–H and O–H groups in total. The number of benzene rings is 3. The molecule has 0 nitrogen and oxygen atoms in total. The van der Waals surface area contributed by atoms with Gasteiger partial charge in [0, 0.05) is 5.56 Å². The van der Waals surface area contributed by atoms with Crippen molar-refractivity contribution in [2.75, 3.05) is 0 Å². The van der Waals surface area contributed by atoms with E-state index in [1.165, 1.54) is 12.1 Å². The van der Waals surface area contributed by atoms with Gasteiger partial charge in [-0.2, -0.15) is 0 Å². The Morgan fingerprint density at radius 2 is 1.62 bits per heavy atom. The molecule has 1 atom stereocenters. The van der Waals surface area contributed by atoms with E-state index in [0.717, 1.165) is 22.4 Å². The van der Waals surface area contributed by atoms with Crippen LogP contribution in [0.1, 0.15) is 16.5 Å². The first-order valence-electron chi connectivity index (χ1n) is 6.71. The second-order valence-corrected chi connectivity index (χ2v) is 5.52. The lowest BCUT2D eigenvalue weighted by atomic mass is 10.0. The molecule has 21 heavy (non-hydrogen) atoms. The third-order valence-electron chi connectivity index (χ3n) is 3.55. The van der Waals surface area contributed by atoms with E-state index in [1.54, 1.807) is 0 Å². The summed E-state index contributed by atoms with van der Waals surface area (Å²) >= 11 is 6.26. The van der Waals surface area contributed by atoms with Crippen molar-refractivity contribution in [2.45, 2.75) is 11.8 Å². The molecule has 0 bridgehead atoms. The highest BCUT2D eigenvalue weighted by Crippen LogP contribution is 2.29. The molecule has 106 valence electrons. The van der Waals surface area contributed by atoms with Crippen LogP contribution in [0.25, 0.3) is 10.8 Å². The van der Waals surface area contributed by atoms with Crippen molar-refractivity contribution >= 4 is 22.4 Å². The van der Waals surface area contributed by atoms with E-state index in [9.17, 15) is 8.78 Å². The fraction of sp³-hybridized carbons (Fsp3) is 0.111. The number of halogens is 3. The van der Waals surface area contributed by atoms with Crippen molar-refractivity contribution < 1.29 is 8.78 Å². The monoisotopic (exact) mass is 302 g/mol. The predicted molar refractivity (Wildman–Crippen MR) is 82.6 cm³/mol. The van der Waals surface area contributed by atoms with E-state index in [1.807, 2.05) is 42.5 Å². The topological polar surface area (TPSA) is 0 Å². The summed E-state index contributed by atoms with van der Waals surface area (Å²) in [5.41, 5.74) is 1.20. The fourth-order valence-corrected chi connectivity index (χ4v) is 2.79. The Labute approximate surface area is 127 Å². The second kappa shape index (κ2) is 5.82. The van der Waals surface area contributed by atoms with Crippen LogP contribution in [0.2, 0.25) is 0 Å². The van der Waals surface area contributed by atoms with Gasteiger partial charge >= 0.3 is 0 Å². The lowest BCUT2D eigenvalue weighted by molar-refractivity contribution is 0.497. The molecule has 0 aliphatic heterocycles. The average molecular weight is 303 g/mol. The SMILES string of the molecule is Fc1cccc(C(Cl)Cc2ccc3ccccc3c2)c1F. The van der Waals surface area contributed by atoms with Crippen LogP contribution in [-0.4, -0.2) is 0 Å². The van der Waals surface area contributed by atoms with Gasteiger partial charge < -0.3 is 0 Å². The Balaban J connectivity index is 1.89. The van der Waals surface area contributed by atoms with Crippen LogP contribution in [-0.2, 0) is 6.42 Å². The van der Waals surface area contributed by atoms with E-state index in [-0.39, 0.29) is 5.56 Å². The lowest BCUT2D eigenvalue weighted by Crippen LogP contribution is -2.01. The van der Waals surface area contributed by atoms with Gasteiger partial charge in [0.05, 0.1) is 5.38 Å². The molecule has 3 heteroatoms. The van der Waals surface area contributed by atoms with Crippen LogP contribution in [0.3, 0.4) is 0 Å². The highest BCUT2D eigenvalue weighted by molar-refractivity contribution is 6.21. The van der Waals surface area contributed by atoms with Crippen molar-refractivity contribution in [3.63, 3.8) is 0 Å². The molecule has 0 saturated heterocycles. The van der Waals surface area contributed by atoms with Gasteiger partial charge in [0.25, 0.3) is 0 Å². The maximum atomic E-state index is 13.7. The molecule has 0 saturated carbocycles. The van der Waals surface area contributed by atoms with Crippen molar-refractivity contribution in [1.82, 2.24) is 0 Å². The zero-order valence-electron chi connectivity index (χ0n) is 11.2. The zero-order valence-corrected chi connectivity index (χ0v) is 11.9. The maximum absolute atomic E-state index is 13.7. The van der Waals surface area contributed by atoms with E-state index in [0.29, 0.717) is 6.42 Å². The summed E-state index contributed by atoms with van der Waals surface area (Å²) in [6, 6.07) is 18.1. The molecule has 0 amide bonds. The molecule has 3 aromatic carbocycles. The summed E-state index contributed by atoms with van der Waals surface area (Å²) < 4.78 is 27.0. The minimum Gasteiger partial charge on any atom is -0.204 e. The van der Waals surface area contributed by atoms with E-state index < -0.39 is 17.0 Å². The Morgan fingerprint density at radius 3 is 2.43 bits per heavy atom. The van der Waals surface area contributed by atoms with Gasteiger partial charge in [-0.1, -0.05) is 54.6 Å². The summed E-state index contributed by atoms with van der Waals surface area (Å²) in [6.07, 6.45) is 0.451. The van der Waals surface area contributed by atoms with Gasteiger partial charge in [-0.05, 0) is 28.8 Å². The van der Waals surface area contributed by atoms with Crippen LogP contribution in [0, 0.1) is 11.6 Å². The Kier molecular flexibility index (Phi) is 3.89. The molecule has 0 aromatic heterocycles. The number of hydrogen-bond donors (Lipinski definition) is 0. The molecule has 1 unspecified atom stereocenters. The molecule has 0 aliphatic rings. The van der Waals surface area contributed by atoms with Gasteiger partial charge in [-0.3, -0.25) is 0 Å². The predicted octanol–water partition coefficient (Wildman–Crippen LogP) is 5.64. The number of hydrogen-bond acceptors (Lipinski definition) is 0. The molecular weight excluding hydrogens is 290 g/mol. The Hall–Kier alpha value is -1.93. The van der Waals surface area contributed by atoms with E-state index in [4.69, 9.17) is 11.6 Å². The molecule has 0 heterocycles. The zero-order chi connectivity index (χ0) is 14.8. The van der Waals surface area contributed by atoms with E-state index in [2.05, 4.69) is 0 Å². The van der Waals surface area contributed by atoms with Gasteiger partial charge in [0.2, 0.25) is 0 Å². The Morgan fingerprint density at radius 1 is 0.857 bits per heavy atom. The normalized spacial score (nSPS) is 12.5. The van der Waals surface area contributed by atoms with Crippen LogP contribution in [0.5, 0.6) is 0 Å². The summed E-state index contributed by atoms with van der Waals surface area (Å²) in [5.74, 6) is -1.73. The standard InChI is InChI=1S/C18H13ClF2/c19-16(15-6-3-7-17(20)18(15)21)11-12-8-9-13-4-1-2-5-14(13)10-12/h1-10,16H,11H2. The Bertz CT molecular complexity index is 783. The first-order chi connectivity index (χ1) is 10.1. The largest absolute Gasteiger partial charge is 0.204 e. The van der Waals surface area contributed by atoms with Gasteiger partial charge in [-0.25, -0.2) is 8.78 Å². The van der Waals surface area contributed by atoms with Gasteiger partial charge in [0.1, 0.15) is 0 Å². The van der Waals surface area contributed by atoms with Crippen molar-refractivity contribution in [2.24, 2.45) is 0 Å². The first-order valence-corrected chi connectivity index (χ1v) is 7.14. The van der Waals surface area contributed by atoms with Crippen LogP contribution in [0.4, 0.5) is 8.78 Å². The first kappa shape index (κ1) is 14.0. The number of fused-ring (bicyclic) bond motifs is 1. The number of rotatable bonds is 3. The summed E-state index contributed by atoms with van der Waals surface area (Å²) in [6.45, 7) is 0. The summed E-state index contributed by atoms with van der Waals surface area (Å²) in [4.78, 5) is 0. The molecule has 3 aromatic rings. The highest BCUT2D eigenvalue weighted by Gasteiger charge is 2.16. The van der Waals surface area contributed by atoms with Gasteiger partial charge in [0.15, 0.2) is 11.6 Å². The maximum Gasteiger partial charge on any atom is 0.163 e. The molecule has 0 fully saturated rings. The summed E-state index contributed by atoms with van der Waals surface area (Å²) in [5, 5.41) is 1.66. The summed E-state index contributed by atoms with van der Waals surface area (Å²) in [7, 11) is 0. The highest BCUT2D eigenvalue weighted by atomic mass is 35.5. The second-order valence-electron chi connectivity index (χ2n) is 5.00. The van der Waals surface area contributed by atoms with Gasteiger partial charge in [-0.15, -0.1) is 11.6 Å². The average Bonchev–Trinajstić information content (AvgIpc) is 2.50. The molecule has 3 rings (SSSR count). The number of alkyl halides is 1. The van der Waals surface area contributed by atoms with Crippen LogP contribution < -0.4 is 0 Å². The van der Waals surface area contributed by atoms with Crippen LogP contribution in [0.15, 0.2) is 60.7 Å². The molecule has 0 spiro atoms. The van der Waals surface area contributed by atoms with Crippen LogP contribution >= 0.6 is 11.6 Å². The fourth-order valence-electron chi connectivity index (χ4n) is 2.45. The minimum atomic E-state index is -0.864. The van der Waals surface area contributed by atoms with Crippen molar-refractivity contribution in [3.05, 3.63) is 83.4 Å². The third-order valence-corrected chi connectivity index (χ3v) is 3.94. The van der Waals surface area contributed by atoms with Crippen molar-refractivity contribution in [1.29, 1.82) is 0 Å². The smallest absolute Gasteiger partial charge is 0.163 e. The lowest BCUT2D eigenvalue weighted by Gasteiger charge is -2.12. The molecular formula is C18H13ClF2. The minimum absolute atomic E-state index is 0.199. The van der Waals surface area contributed by atoms with E-state index >= 15 is 0 Å². The van der Waals surface area contributed by atoms with Crippen molar-refractivity contribution in [3.8, 4) is 0 Å². The molecule has 0 aliphatic carbocycles. The molecule has 0 radical (unpaired) electrons.